The smallest absolute Gasteiger partial charge is 0.227 e. The van der Waals surface area contributed by atoms with Gasteiger partial charge in [0.2, 0.25) is 5.91 Å². The molecule has 1 aliphatic heterocycles. The van der Waals surface area contributed by atoms with Crippen LogP contribution >= 0.6 is 0 Å². The Morgan fingerprint density at radius 1 is 1.20 bits per heavy atom. The summed E-state index contributed by atoms with van der Waals surface area (Å²) in [7, 11) is 0. The van der Waals surface area contributed by atoms with Gasteiger partial charge in [-0.25, -0.2) is 9.37 Å². The Hall–Kier alpha value is -2.95. The van der Waals surface area contributed by atoms with Gasteiger partial charge >= 0.3 is 0 Å². The number of carbonyl (C=O) groups is 1. The van der Waals surface area contributed by atoms with E-state index in [9.17, 15) is 9.18 Å². The first kappa shape index (κ1) is 15.6. The number of benzene rings is 2. The molecule has 1 saturated heterocycles. The summed E-state index contributed by atoms with van der Waals surface area (Å²) in [6.45, 7) is 4.88. The van der Waals surface area contributed by atoms with Gasteiger partial charge in [-0.15, -0.1) is 6.58 Å². The molecule has 0 radical (unpaired) electrons. The van der Waals surface area contributed by atoms with Crippen LogP contribution in [0, 0.1) is 5.82 Å². The molecule has 4 nitrogen and oxygen atoms in total. The number of hydrogen-bond donors (Lipinski definition) is 0. The number of nitrogens with zero attached hydrogens (tertiary/aromatic N) is 3. The molecule has 0 aliphatic carbocycles. The highest BCUT2D eigenvalue weighted by Crippen LogP contribution is 2.34. The maximum Gasteiger partial charge on any atom is 0.227 e. The first-order chi connectivity index (χ1) is 12.2. The molecule has 1 fully saturated rings. The second-order valence-corrected chi connectivity index (χ2v) is 6.21. The fraction of sp³-hybridized carbons (Fsp3) is 0.200. The summed E-state index contributed by atoms with van der Waals surface area (Å²) >= 11 is 0. The predicted octanol–water partition coefficient (Wildman–Crippen LogP) is 3.88. The quantitative estimate of drug-likeness (QED) is 0.679. The van der Waals surface area contributed by atoms with Gasteiger partial charge < -0.3 is 9.47 Å². The number of carbonyl (C=O) groups excluding carboxylic acids is 1. The van der Waals surface area contributed by atoms with Crippen molar-refractivity contribution in [1.82, 2.24) is 9.55 Å². The van der Waals surface area contributed by atoms with Crippen LogP contribution in [0.4, 0.5) is 10.1 Å². The van der Waals surface area contributed by atoms with E-state index in [0.717, 1.165) is 16.9 Å². The molecule has 25 heavy (non-hydrogen) atoms. The maximum atomic E-state index is 14.1. The highest BCUT2D eigenvalue weighted by Gasteiger charge is 2.35. The van der Waals surface area contributed by atoms with E-state index >= 15 is 0 Å². The third kappa shape index (κ3) is 2.61. The normalized spacial score (nSPS) is 17.4. The molecule has 1 aliphatic rings. The van der Waals surface area contributed by atoms with Gasteiger partial charge in [0.25, 0.3) is 0 Å². The molecule has 5 heteroatoms. The van der Waals surface area contributed by atoms with Crippen molar-refractivity contribution in [3.8, 4) is 0 Å². The number of imidazole rings is 1. The monoisotopic (exact) mass is 335 g/mol. The van der Waals surface area contributed by atoms with Crippen LogP contribution in [0.15, 0.2) is 61.2 Å². The summed E-state index contributed by atoms with van der Waals surface area (Å²) < 4.78 is 16.2. The molecule has 0 unspecified atom stereocenters. The number of hydrogen-bond acceptors (Lipinski definition) is 2. The topological polar surface area (TPSA) is 38.1 Å². The number of anilines is 1. The molecule has 3 aromatic rings. The van der Waals surface area contributed by atoms with Crippen LogP contribution in [-0.2, 0) is 11.3 Å². The van der Waals surface area contributed by atoms with Crippen molar-refractivity contribution in [2.24, 2.45) is 0 Å². The number of amides is 1. The van der Waals surface area contributed by atoms with Crippen molar-refractivity contribution in [2.45, 2.75) is 18.9 Å². The Kier molecular flexibility index (Phi) is 3.84. The molecule has 126 valence electrons. The lowest BCUT2D eigenvalue weighted by molar-refractivity contribution is -0.117. The zero-order valence-corrected chi connectivity index (χ0v) is 13.7. The molecule has 1 aromatic heterocycles. The standard InChI is InChI=1S/C20H18FN3O/c1-2-11-23-18-10-6-4-8-16(18)22-20(23)14-12-19(25)24(13-14)17-9-5-3-7-15(17)21/h2-10,14H,1,11-13H2/t14-/m1/s1. The van der Waals surface area contributed by atoms with Gasteiger partial charge in [0.05, 0.1) is 16.7 Å². The van der Waals surface area contributed by atoms with E-state index in [1.807, 2.05) is 30.3 Å². The zero-order valence-electron chi connectivity index (χ0n) is 13.7. The highest BCUT2D eigenvalue weighted by atomic mass is 19.1. The van der Waals surface area contributed by atoms with Gasteiger partial charge in [-0.05, 0) is 24.3 Å². The van der Waals surface area contributed by atoms with Crippen LogP contribution in [0.2, 0.25) is 0 Å². The predicted molar refractivity (Wildman–Crippen MR) is 96.0 cm³/mol. The summed E-state index contributed by atoms with van der Waals surface area (Å²) in [5, 5.41) is 0. The van der Waals surface area contributed by atoms with E-state index in [4.69, 9.17) is 4.98 Å². The third-order valence-electron chi connectivity index (χ3n) is 4.63. The minimum atomic E-state index is -0.379. The molecule has 1 atom stereocenters. The van der Waals surface area contributed by atoms with Crippen LogP contribution in [0.3, 0.4) is 0 Å². The molecule has 0 bridgehead atoms. The molecular formula is C20H18FN3O. The van der Waals surface area contributed by atoms with Crippen molar-refractivity contribution < 1.29 is 9.18 Å². The van der Waals surface area contributed by atoms with Gasteiger partial charge in [-0.3, -0.25) is 4.79 Å². The Labute approximate surface area is 145 Å². The van der Waals surface area contributed by atoms with Crippen molar-refractivity contribution in [2.75, 3.05) is 11.4 Å². The van der Waals surface area contributed by atoms with Gasteiger partial charge in [0.1, 0.15) is 11.6 Å². The lowest BCUT2D eigenvalue weighted by Crippen LogP contribution is -2.25. The van der Waals surface area contributed by atoms with E-state index in [0.29, 0.717) is 25.2 Å². The van der Waals surface area contributed by atoms with Crippen molar-refractivity contribution in [3.05, 3.63) is 72.8 Å². The molecule has 0 saturated carbocycles. The minimum absolute atomic E-state index is 0.0699. The van der Waals surface area contributed by atoms with E-state index in [2.05, 4.69) is 11.1 Å². The number of para-hydroxylation sites is 3. The van der Waals surface area contributed by atoms with Crippen molar-refractivity contribution in [3.63, 3.8) is 0 Å². The first-order valence-corrected chi connectivity index (χ1v) is 8.30. The SMILES string of the molecule is C=CCn1c([C@@H]2CC(=O)N(c3ccccc3F)C2)nc2ccccc21. The molecule has 1 amide bonds. The average molecular weight is 335 g/mol. The average Bonchev–Trinajstić information content (AvgIpc) is 3.17. The molecule has 4 rings (SSSR count). The van der Waals surface area contributed by atoms with E-state index in [1.54, 1.807) is 18.2 Å². The van der Waals surface area contributed by atoms with Crippen molar-refractivity contribution in [1.29, 1.82) is 0 Å². The summed E-state index contributed by atoms with van der Waals surface area (Å²) in [6, 6.07) is 14.3. The second-order valence-electron chi connectivity index (χ2n) is 6.21. The maximum absolute atomic E-state index is 14.1. The van der Waals surface area contributed by atoms with Gasteiger partial charge in [0.15, 0.2) is 0 Å². The van der Waals surface area contributed by atoms with Crippen molar-refractivity contribution >= 4 is 22.6 Å². The first-order valence-electron chi connectivity index (χ1n) is 8.30. The van der Waals surface area contributed by atoms with Crippen LogP contribution in [0.1, 0.15) is 18.2 Å². The van der Waals surface area contributed by atoms with E-state index in [1.165, 1.54) is 11.0 Å². The van der Waals surface area contributed by atoms with E-state index in [-0.39, 0.29) is 17.6 Å². The number of halogens is 1. The summed E-state index contributed by atoms with van der Waals surface area (Å²) in [4.78, 5) is 18.8. The largest absolute Gasteiger partial charge is 0.324 e. The third-order valence-corrected chi connectivity index (χ3v) is 4.63. The Bertz CT molecular complexity index is 962. The molecule has 0 spiro atoms. The lowest BCUT2D eigenvalue weighted by Gasteiger charge is -2.17. The van der Waals surface area contributed by atoms with Gasteiger partial charge in [0, 0.05) is 25.4 Å². The summed E-state index contributed by atoms with van der Waals surface area (Å²) in [6.07, 6.45) is 2.15. The molecular weight excluding hydrogens is 317 g/mol. The van der Waals surface area contributed by atoms with Gasteiger partial charge in [-0.1, -0.05) is 30.3 Å². The number of aromatic nitrogens is 2. The highest BCUT2D eigenvalue weighted by molar-refractivity contribution is 5.96. The van der Waals surface area contributed by atoms with Crippen LogP contribution in [0.25, 0.3) is 11.0 Å². The molecule has 2 aromatic carbocycles. The zero-order chi connectivity index (χ0) is 17.4. The number of allylic oxidation sites excluding steroid dienone is 1. The van der Waals surface area contributed by atoms with Crippen LogP contribution < -0.4 is 4.90 Å². The summed E-state index contributed by atoms with van der Waals surface area (Å²) in [5.41, 5.74) is 2.26. The Morgan fingerprint density at radius 2 is 1.96 bits per heavy atom. The Balaban J connectivity index is 1.73. The van der Waals surface area contributed by atoms with E-state index < -0.39 is 0 Å². The van der Waals surface area contributed by atoms with Gasteiger partial charge in [-0.2, -0.15) is 0 Å². The summed E-state index contributed by atoms with van der Waals surface area (Å²) in [5.74, 6) is 0.330. The fourth-order valence-corrected chi connectivity index (χ4v) is 3.51. The number of rotatable bonds is 4. The number of fused-ring (bicyclic) bond motifs is 1. The molecule has 0 N–H and O–H groups in total. The molecule has 2 heterocycles. The lowest BCUT2D eigenvalue weighted by atomic mass is 10.1. The fourth-order valence-electron chi connectivity index (χ4n) is 3.51. The second kappa shape index (κ2) is 6.16. The van der Waals surface area contributed by atoms with Crippen LogP contribution in [-0.4, -0.2) is 22.0 Å². The van der Waals surface area contributed by atoms with Crippen LogP contribution in [0.5, 0.6) is 0 Å². The Morgan fingerprint density at radius 3 is 2.76 bits per heavy atom. The minimum Gasteiger partial charge on any atom is -0.324 e.